The summed E-state index contributed by atoms with van der Waals surface area (Å²) in [5.74, 6) is 0. The molecule has 0 aromatic heterocycles. The highest BCUT2D eigenvalue weighted by molar-refractivity contribution is 6.07. The summed E-state index contributed by atoms with van der Waals surface area (Å²) in [6.45, 7) is 1.80. The van der Waals surface area contributed by atoms with E-state index in [0.29, 0.717) is 5.69 Å². The predicted molar refractivity (Wildman–Crippen MR) is 69.3 cm³/mol. The molecule has 19 heavy (non-hydrogen) atoms. The van der Waals surface area contributed by atoms with Gasteiger partial charge in [-0.05, 0) is 37.3 Å². The van der Waals surface area contributed by atoms with Gasteiger partial charge in [-0.15, -0.1) is 0 Å². The maximum absolute atomic E-state index is 10.8. The summed E-state index contributed by atoms with van der Waals surface area (Å²) in [6, 6.07) is 5.87. The van der Waals surface area contributed by atoms with E-state index in [9.17, 15) is 9.59 Å². The third kappa shape index (κ3) is 3.63. The van der Waals surface area contributed by atoms with Crippen molar-refractivity contribution in [1.29, 1.82) is 0 Å². The van der Waals surface area contributed by atoms with Crippen LogP contribution < -0.4 is 9.96 Å². The van der Waals surface area contributed by atoms with Gasteiger partial charge in [0.15, 0.2) is 0 Å². The van der Waals surface area contributed by atoms with E-state index in [-0.39, 0.29) is 10.6 Å². The molecule has 2 amide bonds. The van der Waals surface area contributed by atoms with Gasteiger partial charge in [0.25, 0.3) is 0 Å². The Kier molecular flexibility index (Phi) is 4.76. The molecule has 0 spiro atoms. The first kappa shape index (κ1) is 14.4. The highest BCUT2D eigenvalue weighted by Gasteiger charge is 2.21. The van der Waals surface area contributed by atoms with E-state index in [4.69, 9.17) is 15.1 Å². The van der Waals surface area contributed by atoms with E-state index in [2.05, 4.69) is 0 Å². The fourth-order valence-electron chi connectivity index (χ4n) is 1.33. The monoisotopic (exact) mass is 266 g/mol. The minimum absolute atomic E-state index is 0.0446. The lowest BCUT2D eigenvalue weighted by Gasteiger charge is -2.18. The van der Waals surface area contributed by atoms with Crippen LogP contribution in [0.5, 0.6) is 0 Å². The lowest BCUT2D eigenvalue weighted by atomic mass is 10.2. The number of hydrogen-bond donors (Lipinski definition) is 2. The molecule has 7 heteroatoms. The maximum atomic E-state index is 10.8. The summed E-state index contributed by atoms with van der Waals surface area (Å²) in [5.41, 5.74) is 0.695. The second kappa shape index (κ2) is 6.29. The number of hydroxylamine groups is 1. The summed E-state index contributed by atoms with van der Waals surface area (Å²) >= 11 is 0. The normalized spacial score (nSPS) is 10.2. The Bertz CT molecular complexity index is 469. The van der Waals surface area contributed by atoms with E-state index in [1.54, 1.807) is 32.2 Å². The lowest BCUT2D eigenvalue weighted by Crippen LogP contribution is -2.34. The lowest BCUT2D eigenvalue weighted by molar-refractivity contribution is 0.184. The zero-order valence-corrected chi connectivity index (χ0v) is 10.5. The number of hydrogen-bond acceptors (Lipinski definition) is 4. The number of imide groups is 1. The third-order valence-electron chi connectivity index (χ3n) is 2.21. The fraction of sp³-hybridized carbons (Fsp3) is 0.167. The van der Waals surface area contributed by atoms with Crippen molar-refractivity contribution in [3.63, 3.8) is 0 Å². The number of carboxylic acid groups (broad SMARTS) is 2. The van der Waals surface area contributed by atoms with Crippen molar-refractivity contribution in [3.8, 4) is 0 Å². The largest absolute Gasteiger partial charge is 0.464 e. The molecule has 0 saturated carbocycles. The molecule has 1 aromatic carbocycles. The van der Waals surface area contributed by atoms with Gasteiger partial charge in [0.05, 0.1) is 11.4 Å². The molecule has 0 bridgehead atoms. The van der Waals surface area contributed by atoms with Crippen LogP contribution in [-0.2, 0) is 4.84 Å². The second-order valence-electron chi connectivity index (χ2n) is 3.49. The van der Waals surface area contributed by atoms with Gasteiger partial charge in [-0.3, -0.25) is 0 Å². The topological polar surface area (TPSA) is 90.3 Å². The Hall–Kier alpha value is -2.70. The molecule has 0 radical (unpaired) electrons. The number of benzene rings is 1. The van der Waals surface area contributed by atoms with Gasteiger partial charge in [-0.2, -0.15) is 4.90 Å². The number of carbonyl (C=O) groups is 2. The average molecular weight is 266 g/mol. The van der Waals surface area contributed by atoms with Gasteiger partial charge in [0.1, 0.15) is 6.26 Å². The van der Waals surface area contributed by atoms with Crippen molar-refractivity contribution in [3.05, 3.63) is 36.6 Å². The SMILES string of the molecule is CC=CON(C)c1ccc(N(C(=O)O)C(=O)O)cc1. The van der Waals surface area contributed by atoms with Crippen molar-refractivity contribution in [2.75, 3.05) is 17.0 Å². The summed E-state index contributed by atoms with van der Waals surface area (Å²) in [6.07, 6.45) is 0.0773. The highest BCUT2D eigenvalue weighted by atomic mass is 16.7. The van der Waals surface area contributed by atoms with Crippen LogP contribution in [0.2, 0.25) is 0 Å². The maximum Gasteiger partial charge on any atom is 0.421 e. The number of amides is 2. The van der Waals surface area contributed by atoms with Crippen molar-refractivity contribution < 1.29 is 24.6 Å². The standard InChI is InChI=1S/C12H14N2O5/c1-3-8-19-13(2)9-4-6-10(7-5-9)14(11(15)16)12(17)18/h3-8H,1-2H3,(H,15,16)(H,17,18). The van der Waals surface area contributed by atoms with E-state index in [0.717, 1.165) is 0 Å². The van der Waals surface area contributed by atoms with Crippen molar-refractivity contribution in [1.82, 2.24) is 0 Å². The molecular formula is C12H14N2O5. The molecule has 0 aliphatic heterocycles. The first-order chi connectivity index (χ1) is 8.97. The minimum Gasteiger partial charge on any atom is -0.464 e. The molecule has 0 fully saturated rings. The van der Waals surface area contributed by atoms with Crippen molar-refractivity contribution >= 4 is 23.6 Å². The van der Waals surface area contributed by atoms with Gasteiger partial charge >= 0.3 is 12.2 Å². The van der Waals surface area contributed by atoms with Crippen LogP contribution in [0.1, 0.15) is 6.92 Å². The fourth-order valence-corrected chi connectivity index (χ4v) is 1.33. The predicted octanol–water partition coefficient (Wildman–Crippen LogP) is 2.75. The van der Waals surface area contributed by atoms with Crippen molar-refractivity contribution in [2.45, 2.75) is 6.92 Å². The molecule has 0 heterocycles. The zero-order chi connectivity index (χ0) is 14.4. The molecule has 0 saturated heterocycles. The van der Waals surface area contributed by atoms with E-state index in [1.165, 1.54) is 23.5 Å². The van der Waals surface area contributed by atoms with Crippen LogP contribution in [0.15, 0.2) is 36.6 Å². The van der Waals surface area contributed by atoms with E-state index < -0.39 is 12.2 Å². The van der Waals surface area contributed by atoms with Gasteiger partial charge in [-0.25, -0.2) is 14.7 Å². The quantitative estimate of drug-likeness (QED) is 0.643. The summed E-state index contributed by atoms with van der Waals surface area (Å²) in [4.78, 5) is 27.0. The van der Waals surface area contributed by atoms with Crippen LogP contribution >= 0.6 is 0 Å². The minimum atomic E-state index is -1.56. The summed E-state index contributed by atoms with van der Waals surface area (Å²) in [5, 5.41) is 19.0. The molecule has 2 N–H and O–H groups in total. The van der Waals surface area contributed by atoms with Crippen LogP contribution in [0.4, 0.5) is 21.0 Å². The molecule has 1 rings (SSSR count). The van der Waals surface area contributed by atoms with Gasteiger partial charge in [-0.1, -0.05) is 0 Å². The molecular weight excluding hydrogens is 252 g/mol. The Balaban J connectivity index is 2.91. The number of allylic oxidation sites excluding steroid dienone is 1. The molecule has 0 aliphatic carbocycles. The molecule has 1 aromatic rings. The zero-order valence-electron chi connectivity index (χ0n) is 10.5. The second-order valence-corrected chi connectivity index (χ2v) is 3.49. The number of rotatable bonds is 4. The van der Waals surface area contributed by atoms with E-state index >= 15 is 0 Å². The van der Waals surface area contributed by atoms with Crippen molar-refractivity contribution in [2.24, 2.45) is 0 Å². The molecule has 0 aliphatic rings. The third-order valence-corrected chi connectivity index (χ3v) is 2.21. The Morgan fingerprint density at radius 3 is 2.00 bits per heavy atom. The van der Waals surface area contributed by atoms with E-state index in [1.807, 2.05) is 0 Å². The van der Waals surface area contributed by atoms with Crippen LogP contribution in [0.3, 0.4) is 0 Å². The first-order valence-corrected chi connectivity index (χ1v) is 5.35. The van der Waals surface area contributed by atoms with Crippen LogP contribution in [0.25, 0.3) is 0 Å². The Morgan fingerprint density at radius 2 is 1.58 bits per heavy atom. The number of nitrogens with zero attached hydrogens (tertiary/aromatic N) is 2. The van der Waals surface area contributed by atoms with Gasteiger partial charge < -0.3 is 15.1 Å². The van der Waals surface area contributed by atoms with Gasteiger partial charge in [0.2, 0.25) is 0 Å². The molecule has 0 atom stereocenters. The van der Waals surface area contributed by atoms with Crippen LogP contribution in [0, 0.1) is 0 Å². The summed E-state index contributed by atoms with van der Waals surface area (Å²) in [7, 11) is 1.67. The molecule has 7 nitrogen and oxygen atoms in total. The highest BCUT2D eigenvalue weighted by Crippen LogP contribution is 2.20. The Morgan fingerprint density at radius 1 is 1.11 bits per heavy atom. The molecule has 102 valence electrons. The van der Waals surface area contributed by atoms with Crippen LogP contribution in [-0.4, -0.2) is 29.4 Å². The summed E-state index contributed by atoms with van der Waals surface area (Å²) < 4.78 is 0. The number of anilines is 2. The average Bonchev–Trinajstić information content (AvgIpc) is 2.36. The smallest absolute Gasteiger partial charge is 0.421 e. The first-order valence-electron chi connectivity index (χ1n) is 5.35. The Labute approximate surface area is 109 Å². The van der Waals surface area contributed by atoms with Gasteiger partial charge in [0, 0.05) is 7.05 Å². The molecule has 0 unspecified atom stereocenters.